The van der Waals surface area contributed by atoms with Gasteiger partial charge in [-0.1, -0.05) is 0 Å². The average Bonchev–Trinajstić information content (AvgIpc) is 2.96. The van der Waals surface area contributed by atoms with Crippen LogP contribution in [0.1, 0.15) is 44.3 Å². The number of fused-ring (bicyclic) bond motifs is 1. The van der Waals surface area contributed by atoms with Gasteiger partial charge >= 0.3 is 0 Å². The van der Waals surface area contributed by atoms with E-state index < -0.39 is 0 Å². The van der Waals surface area contributed by atoms with Gasteiger partial charge in [0.15, 0.2) is 5.82 Å². The predicted molar refractivity (Wildman–Crippen MR) is 79.8 cm³/mol. The van der Waals surface area contributed by atoms with E-state index in [1.807, 2.05) is 0 Å². The maximum absolute atomic E-state index is 12.3. The van der Waals surface area contributed by atoms with Crippen molar-refractivity contribution in [2.45, 2.75) is 52.1 Å². The van der Waals surface area contributed by atoms with E-state index in [-0.39, 0.29) is 17.7 Å². The zero-order chi connectivity index (χ0) is 15.5. The van der Waals surface area contributed by atoms with Crippen LogP contribution >= 0.6 is 0 Å². The van der Waals surface area contributed by atoms with Crippen molar-refractivity contribution in [3.05, 3.63) is 11.6 Å². The first-order chi connectivity index (χ1) is 10.6. The Morgan fingerprint density at radius 3 is 2.91 bits per heavy atom. The van der Waals surface area contributed by atoms with Crippen LogP contribution in [-0.4, -0.2) is 44.6 Å². The molecule has 3 heterocycles. The molecule has 1 atom stereocenters. The van der Waals surface area contributed by atoms with Gasteiger partial charge in [-0.15, -0.1) is 10.2 Å². The Labute approximate surface area is 130 Å². The van der Waals surface area contributed by atoms with Crippen LogP contribution in [0.3, 0.4) is 0 Å². The minimum absolute atomic E-state index is 0.0131. The van der Waals surface area contributed by atoms with Crippen LogP contribution in [0, 0.1) is 5.92 Å². The molecule has 0 aliphatic carbocycles. The summed E-state index contributed by atoms with van der Waals surface area (Å²) in [6, 6.07) is 0. The lowest BCUT2D eigenvalue weighted by Crippen LogP contribution is -2.44. The number of hydrogen-bond donors (Lipinski definition) is 1. The molecule has 0 radical (unpaired) electrons. The SMILES string of the molecule is CC(=O)N1CCC[C@@H](C(=O)NCc2nnc3n2CCCC3)C1. The maximum Gasteiger partial charge on any atom is 0.225 e. The van der Waals surface area contributed by atoms with E-state index in [4.69, 9.17) is 0 Å². The number of carbonyl (C=O) groups is 2. The van der Waals surface area contributed by atoms with Crippen molar-refractivity contribution in [2.75, 3.05) is 13.1 Å². The highest BCUT2D eigenvalue weighted by Crippen LogP contribution is 2.17. The van der Waals surface area contributed by atoms with Crippen molar-refractivity contribution in [2.24, 2.45) is 5.92 Å². The first kappa shape index (κ1) is 15.0. The lowest BCUT2D eigenvalue weighted by Gasteiger charge is -2.31. The maximum atomic E-state index is 12.3. The number of nitrogens with one attached hydrogen (secondary N) is 1. The number of nitrogens with zero attached hydrogens (tertiary/aromatic N) is 4. The minimum Gasteiger partial charge on any atom is -0.348 e. The Morgan fingerprint density at radius 1 is 1.23 bits per heavy atom. The second-order valence-electron chi connectivity index (χ2n) is 6.16. The molecule has 120 valence electrons. The third kappa shape index (κ3) is 3.13. The van der Waals surface area contributed by atoms with Gasteiger partial charge in [0.05, 0.1) is 12.5 Å². The van der Waals surface area contributed by atoms with E-state index in [1.165, 1.54) is 0 Å². The van der Waals surface area contributed by atoms with Gasteiger partial charge in [0.2, 0.25) is 11.8 Å². The fourth-order valence-electron chi connectivity index (χ4n) is 3.29. The fourth-order valence-corrected chi connectivity index (χ4v) is 3.29. The van der Waals surface area contributed by atoms with Gasteiger partial charge in [-0.05, 0) is 25.7 Å². The highest BCUT2D eigenvalue weighted by Gasteiger charge is 2.27. The summed E-state index contributed by atoms with van der Waals surface area (Å²) in [6.45, 7) is 4.20. The molecule has 2 aliphatic rings. The number of rotatable bonds is 3. The number of aryl methyl sites for hydroxylation is 1. The van der Waals surface area contributed by atoms with Crippen molar-refractivity contribution in [3.8, 4) is 0 Å². The number of aromatic nitrogens is 3. The summed E-state index contributed by atoms with van der Waals surface area (Å²) >= 11 is 0. The molecule has 1 N–H and O–H groups in total. The van der Waals surface area contributed by atoms with Gasteiger partial charge in [-0.3, -0.25) is 9.59 Å². The summed E-state index contributed by atoms with van der Waals surface area (Å²) in [4.78, 5) is 25.5. The van der Waals surface area contributed by atoms with Gasteiger partial charge < -0.3 is 14.8 Å². The van der Waals surface area contributed by atoms with Crippen LogP contribution < -0.4 is 5.32 Å². The Kier molecular flexibility index (Phi) is 4.40. The molecule has 0 spiro atoms. The zero-order valence-electron chi connectivity index (χ0n) is 13.0. The van der Waals surface area contributed by atoms with Crippen LogP contribution in [0.4, 0.5) is 0 Å². The third-order valence-corrected chi connectivity index (χ3v) is 4.59. The van der Waals surface area contributed by atoms with E-state index in [0.717, 1.165) is 56.8 Å². The predicted octanol–water partition coefficient (Wildman–Crippen LogP) is 0.489. The molecule has 0 aromatic carbocycles. The first-order valence-corrected chi connectivity index (χ1v) is 8.09. The summed E-state index contributed by atoms with van der Waals surface area (Å²) in [5.41, 5.74) is 0. The molecule has 2 amide bonds. The summed E-state index contributed by atoms with van der Waals surface area (Å²) in [7, 11) is 0. The third-order valence-electron chi connectivity index (χ3n) is 4.59. The van der Waals surface area contributed by atoms with Gasteiger partial charge in [0, 0.05) is 33.0 Å². The van der Waals surface area contributed by atoms with Crippen LogP contribution in [0.5, 0.6) is 0 Å². The summed E-state index contributed by atoms with van der Waals surface area (Å²) in [5.74, 6) is 1.81. The first-order valence-electron chi connectivity index (χ1n) is 8.09. The average molecular weight is 305 g/mol. The van der Waals surface area contributed by atoms with Crippen LogP contribution in [0.15, 0.2) is 0 Å². The van der Waals surface area contributed by atoms with Crippen molar-refractivity contribution in [3.63, 3.8) is 0 Å². The van der Waals surface area contributed by atoms with Crippen molar-refractivity contribution >= 4 is 11.8 Å². The Balaban J connectivity index is 1.56. The van der Waals surface area contributed by atoms with E-state index in [1.54, 1.807) is 11.8 Å². The quantitative estimate of drug-likeness (QED) is 0.881. The molecular weight excluding hydrogens is 282 g/mol. The molecule has 22 heavy (non-hydrogen) atoms. The van der Waals surface area contributed by atoms with Gasteiger partial charge in [-0.25, -0.2) is 0 Å². The van der Waals surface area contributed by atoms with E-state index in [2.05, 4.69) is 20.1 Å². The van der Waals surface area contributed by atoms with Gasteiger partial charge in [-0.2, -0.15) is 0 Å². The highest BCUT2D eigenvalue weighted by atomic mass is 16.2. The highest BCUT2D eigenvalue weighted by molar-refractivity contribution is 5.80. The van der Waals surface area contributed by atoms with Crippen LogP contribution in [-0.2, 0) is 29.1 Å². The lowest BCUT2D eigenvalue weighted by molar-refractivity contribution is -0.134. The smallest absolute Gasteiger partial charge is 0.225 e. The zero-order valence-corrected chi connectivity index (χ0v) is 13.0. The van der Waals surface area contributed by atoms with E-state index >= 15 is 0 Å². The normalized spacial score (nSPS) is 21.3. The molecule has 1 aromatic heterocycles. The molecule has 1 fully saturated rings. The van der Waals surface area contributed by atoms with Gasteiger partial charge in [0.1, 0.15) is 5.82 Å². The van der Waals surface area contributed by atoms with Crippen molar-refractivity contribution < 1.29 is 9.59 Å². The second kappa shape index (κ2) is 6.46. The second-order valence-corrected chi connectivity index (χ2v) is 6.16. The molecule has 3 rings (SSSR count). The Morgan fingerprint density at radius 2 is 2.09 bits per heavy atom. The fraction of sp³-hybridized carbons (Fsp3) is 0.733. The van der Waals surface area contributed by atoms with Crippen molar-refractivity contribution in [1.29, 1.82) is 0 Å². The van der Waals surface area contributed by atoms with E-state index in [0.29, 0.717) is 13.1 Å². The number of amides is 2. The molecule has 7 heteroatoms. The molecule has 1 aromatic rings. The van der Waals surface area contributed by atoms with Crippen LogP contribution in [0.25, 0.3) is 0 Å². The standard InChI is InChI=1S/C15H23N5O2/c1-11(21)19-7-4-5-12(10-19)15(22)16-9-14-18-17-13-6-2-3-8-20(13)14/h12H,2-10H2,1H3,(H,16,22)/t12-/m1/s1. The van der Waals surface area contributed by atoms with Crippen LogP contribution in [0.2, 0.25) is 0 Å². The Hall–Kier alpha value is -1.92. The summed E-state index contributed by atoms with van der Waals surface area (Å²) < 4.78 is 2.12. The molecule has 0 bridgehead atoms. The molecule has 1 saturated heterocycles. The topological polar surface area (TPSA) is 80.1 Å². The Bertz CT molecular complexity index is 568. The molecule has 0 unspecified atom stereocenters. The number of likely N-dealkylation sites (tertiary alicyclic amines) is 1. The minimum atomic E-state index is -0.110. The molecule has 2 aliphatic heterocycles. The summed E-state index contributed by atoms with van der Waals surface area (Å²) in [5, 5.41) is 11.3. The number of piperidine rings is 1. The molecular formula is C15H23N5O2. The van der Waals surface area contributed by atoms with E-state index in [9.17, 15) is 9.59 Å². The molecule has 7 nitrogen and oxygen atoms in total. The van der Waals surface area contributed by atoms with Gasteiger partial charge in [0.25, 0.3) is 0 Å². The number of hydrogen-bond acceptors (Lipinski definition) is 4. The van der Waals surface area contributed by atoms with Crippen molar-refractivity contribution in [1.82, 2.24) is 25.0 Å². The summed E-state index contributed by atoms with van der Waals surface area (Å²) in [6.07, 6.45) is 5.00. The largest absolute Gasteiger partial charge is 0.348 e. The monoisotopic (exact) mass is 305 g/mol. The number of carbonyl (C=O) groups excluding carboxylic acids is 2. The molecule has 0 saturated carbocycles. The lowest BCUT2D eigenvalue weighted by atomic mass is 9.97.